The molecule has 0 saturated carbocycles. The summed E-state index contributed by atoms with van der Waals surface area (Å²) in [6.45, 7) is 11.5. The molecule has 2 aromatic rings. The molecule has 2 aromatic carbocycles. The number of hydrogen-bond acceptors (Lipinski definition) is 3. The fourth-order valence-electron chi connectivity index (χ4n) is 3.80. The maximum Gasteiger partial charge on any atom is 0.494 e. The van der Waals surface area contributed by atoms with Crippen molar-refractivity contribution in [3.8, 4) is 0 Å². The first-order valence-corrected chi connectivity index (χ1v) is 11.7. The Bertz CT molecular complexity index is 1310. The van der Waals surface area contributed by atoms with E-state index >= 15 is 0 Å². The fraction of sp³-hybridized carbons (Fsp3) is 0.250. The van der Waals surface area contributed by atoms with Crippen LogP contribution < -0.4 is 37.7 Å². The number of anilines is 2. The summed E-state index contributed by atoms with van der Waals surface area (Å²) in [4.78, 5) is 1.44. The molecule has 0 amide bonds. The van der Waals surface area contributed by atoms with Crippen molar-refractivity contribution in [3.05, 3.63) is 58.3 Å². The first kappa shape index (κ1) is 30.6. The summed E-state index contributed by atoms with van der Waals surface area (Å²) in [5.74, 6) is 0. The van der Waals surface area contributed by atoms with Gasteiger partial charge in [-0.2, -0.15) is 0 Å². The number of rotatable bonds is 6. The van der Waals surface area contributed by atoms with E-state index in [-0.39, 0.29) is 60.5 Å². The van der Waals surface area contributed by atoms with Crippen molar-refractivity contribution in [3.63, 3.8) is 0 Å². The zero-order chi connectivity index (χ0) is 28.9. The number of allylic oxidation sites excluding steroid dienone is 4. The van der Waals surface area contributed by atoms with Crippen molar-refractivity contribution in [1.82, 2.24) is 0 Å². The van der Waals surface area contributed by atoms with Gasteiger partial charge in [0.25, 0.3) is 0 Å². The molecular formula is C24H18B11NO2. The summed E-state index contributed by atoms with van der Waals surface area (Å²) in [5.41, 5.74) is 0.184. The van der Waals surface area contributed by atoms with Crippen molar-refractivity contribution in [2.45, 2.75) is 38.9 Å². The van der Waals surface area contributed by atoms with Crippen LogP contribution in [0.15, 0.2) is 58.3 Å². The van der Waals surface area contributed by atoms with Crippen LogP contribution in [0.1, 0.15) is 27.7 Å². The van der Waals surface area contributed by atoms with E-state index in [1.54, 1.807) is 24.3 Å². The highest BCUT2D eigenvalue weighted by Crippen LogP contribution is 2.37. The molecule has 20 radical (unpaired) electrons. The predicted octanol–water partition coefficient (Wildman–Crippen LogP) is -3.17. The highest BCUT2D eigenvalue weighted by atomic mass is 16.7. The van der Waals surface area contributed by atoms with Gasteiger partial charge in [0.1, 0.15) is 78.5 Å². The standard InChI is InChI=1S/C24H18B11NO2/c1-10(25)13(26)14(27)20(33)22(34)36(21-18(31)16(29)15(28)17(30)19(21)32)12-8-6-11(7-9-12)35-37-23(2,3)24(4,5)38-35/h6-9H,1H2,2-5H3/b14-13-,22-20-. The summed E-state index contributed by atoms with van der Waals surface area (Å²) in [7, 11) is 61.0. The summed E-state index contributed by atoms with van der Waals surface area (Å²) in [6, 6.07) is 7.10. The third kappa shape index (κ3) is 5.41. The lowest BCUT2D eigenvalue weighted by Gasteiger charge is -2.35. The lowest BCUT2D eigenvalue weighted by Crippen LogP contribution is -2.56. The smallest absolute Gasteiger partial charge is 0.399 e. The molecule has 0 unspecified atom stereocenters. The lowest BCUT2D eigenvalue weighted by molar-refractivity contribution is 0.00578. The van der Waals surface area contributed by atoms with E-state index in [9.17, 15) is 0 Å². The van der Waals surface area contributed by atoms with Gasteiger partial charge in [0.2, 0.25) is 0 Å². The molecule has 3 rings (SSSR count). The molecule has 0 bridgehead atoms. The Labute approximate surface area is 240 Å². The third-order valence-electron chi connectivity index (χ3n) is 7.01. The Hall–Kier alpha value is -1.91. The lowest BCUT2D eigenvalue weighted by atomic mass is 9.61. The quantitative estimate of drug-likeness (QED) is 0.328. The van der Waals surface area contributed by atoms with Crippen molar-refractivity contribution < 1.29 is 9.31 Å². The largest absolute Gasteiger partial charge is 0.494 e. The monoisotopic (exact) mass is 473 g/mol. The van der Waals surface area contributed by atoms with Crippen molar-refractivity contribution in [2.24, 2.45) is 0 Å². The van der Waals surface area contributed by atoms with Gasteiger partial charge in [-0.3, -0.25) is 0 Å². The average Bonchev–Trinajstić information content (AvgIpc) is 3.08. The van der Waals surface area contributed by atoms with E-state index in [1.807, 2.05) is 27.7 Å². The molecule has 0 aliphatic carbocycles. The van der Waals surface area contributed by atoms with E-state index < -0.39 is 18.3 Å². The minimum atomic E-state index is -0.590. The molecule has 14 heteroatoms. The number of benzene rings is 2. The first-order chi connectivity index (χ1) is 17.4. The first-order valence-electron chi connectivity index (χ1n) is 11.7. The SMILES string of the molecule is [B]C(=C)/C([B])=C([B])\C([B])=C(/[B])N(c1ccc(B2OC(C)(C)C(C)(C)O2)cc1)c1c([B])c([B])c([B])c([B])c1[B]. The molecule has 1 aliphatic rings. The van der Waals surface area contributed by atoms with Crippen LogP contribution in [0, 0.1) is 0 Å². The van der Waals surface area contributed by atoms with Crippen LogP contribution in [0.3, 0.4) is 0 Å². The Kier molecular flexibility index (Phi) is 8.81. The molecule has 0 atom stereocenters. The molecule has 164 valence electrons. The van der Waals surface area contributed by atoms with Crippen LogP contribution in [-0.4, -0.2) is 96.8 Å². The van der Waals surface area contributed by atoms with Crippen LogP contribution >= 0.6 is 0 Å². The van der Waals surface area contributed by atoms with Crippen molar-refractivity contribution in [2.75, 3.05) is 4.90 Å². The molecule has 1 aliphatic heterocycles. The van der Waals surface area contributed by atoms with Gasteiger partial charge in [-0.1, -0.05) is 28.5 Å². The maximum atomic E-state index is 6.54. The minimum Gasteiger partial charge on any atom is -0.399 e. The van der Waals surface area contributed by atoms with Gasteiger partial charge in [0, 0.05) is 11.4 Å². The van der Waals surface area contributed by atoms with Gasteiger partial charge >= 0.3 is 7.12 Å². The molecule has 0 spiro atoms. The minimum absolute atomic E-state index is 0.0107. The summed E-state index contributed by atoms with van der Waals surface area (Å²) >= 11 is 0. The van der Waals surface area contributed by atoms with Crippen LogP contribution in [0.2, 0.25) is 0 Å². The second kappa shape index (κ2) is 10.9. The van der Waals surface area contributed by atoms with E-state index in [4.69, 9.17) is 87.8 Å². The molecule has 1 heterocycles. The summed E-state index contributed by atoms with van der Waals surface area (Å²) < 4.78 is 12.3. The fourth-order valence-corrected chi connectivity index (χ4v) is 3.80. The van der Waals surface area contributed by atoms with E-state index in [1.165, 1.54) is 4.90 Å². The van der Waals surface area contributed by atoms with Crippen molar-refractivity contribution in [1.29, 1.82) is 0 Å². The van der Waals surface area contributed by atoms with Gasteiger partial charge in [-0.15, -0.1) is 39.4 Å². The van der Waals surface area contributed by atoms with Gasteiger partial charge in [0.15, 0.2) is 0 Å². The topological polar surface area (TPSA) is 21.7 Å². The average molecular weight is 471 g/mol. The molecule has 3 nitrogen and oxygen atoms in total. The van der Waals surface area contributed by atoms with Crippen LogP contribution in [0.4, 0.5) is 11.4 Å². The highest BCUT2D eigenvalue weighted by Gasteiger charge is 2.51. The predicted molar refractivity (Wildman–Crippen MR) is 170 cm³/mol. The third-order valence-corrected chi connectivity index (χ3v) is 7.01. The van der Waals surface area contributed by atoms with E-state index in [0.29, 0.717) is 5.69 Å². The zero-order valence-electron chi connectivity index (χ0n) is 22.1. The maximum absolute atomic E-state index is 6.54. The van der Waals surface area contributed by atoms with Gasteiger partial charge in [-0.05, 0) is 50.9 Å². The highest BCUT2D eigenvalue weighted by molar-refractivity contribution is 6.69. The summed E-state index contributed by atoms with van der Waals surface area (Å²) in [6.07, 6.45) is 0. The van der Waals surface area contributed by atoms with Crippen LogP contribution in [0.5, 0.6) is 0 Å². The van der Waals surface area contributed by atoms with E-state index in [0.717, 1.165) is 5.46 Å². The number of hydrogen-bond donors (Lipinski definition) is 0. The molecule has 1 fully saturated rings. The molecule has 0 N–H and O–H groups in total. The molecule has 0 aromatic heterocycles. The Morgan fingerprint density at radius 3 is 1.53 bits per heavy atom. The number of nitrogens with zero attached hydrogens (tertiary/aromatic N) is 1. The Morgan fingerprint density at radius 2 is 1.11 bits per heavy atom. The molecular weight excluding hydrogens is 453 g/mol. The summed E-state index contributed by atoms with van der Waals surface area (Å²) in [5, 5.41) is 0. The van der Waals surface area contributed by atoms with Crippen molar-refractivity contribution >= 4 is 130 Å². The second-order valence-corrected chi connectivity index (χ2v) is 10.1. The van der Waals surface area contributed by atoms with Gasteiger partial charge in [-0.25, -0.2) is 0 Å². The normalized spacial score (nSPS) is 17.5. The van der Waals surface area contributed by atoms with Gasteiger partial charge in [0.05, 0.1) is 11.2 Å². The zero-order valence-corrected chi connectivity index (χ0v) is 22.1. The Balaban J connectivity index is 2.23. The van der Waals surface area contributed by atoms with Crippen LogP contribution in [-0.2, 0) is 9.31 Å². The molecule has 1 saturated heterocycles. The van der Waals surface area contributed by atoms with Crippen LogP contribution in [0.25, 0.3) is 0 Å². The van der Waals surface area contributed by atoms with E-state index in [2.05, 4.69) is 6.58 Å². The molecule has 38 heavy (non-hydrogen) atoms. The Morgan fingerprint density at radius 1 is 0.684 bits per heavy atom. The second-order valence-electron chi connectivity index (χ2n) is 10.1. The van der Waals surface area contributed by atoms with Gasteiger partial charge < -0.3 is 14.2 Å².